The molecule has 0 aromatic heterocycles. The lowest BCUT2D eigenvalue weighted by atomic mass is 9.74. The highest BCUT2D eigenvalue weighted by Crippen LogP contribution is 2.49. The van der Waals surface area contributed by atoms with E-state index in [0.29, 0.717) is 22.6 Å². The Labute approximate surface area is 140 Å². The molecule has 2 heterocycles. The molecule has 0 aliphatic carbocycles. The zero-order chi connectivity index (χ0) is 17.7. The summed E-state index contributed by atoms with van der Waals surface area (Å²) >= 11 is 0. The Balaban J connectivity index is 2.16. The zero-order valence-corrected chi connectivity index (χ0v) is 14.2. The molecule has 24 heavy (non-hydrogen) atoms. The van der Waals surface area contributed by atoms with Crippen molar-refractivity contribution in [3.63, 3.8) is 0 Å². The van der Waals surface area contributed by atoms with E-state index < -0.39 is 23.2 Å². The molecular weight excluding hydrogens is 308 g/mol. The minimum absolute atomic E-state index is 0.163. The smallest absolute Gasteiger partial charge is 0.333 e. The second kappa shape index (κ2) is 5.25. The molecule has 2 aliphatic rings. The third-order valence-electron chi connectivity index (χ3n) is 5.04. The number of aliphatic hydroxyl groups is 1. The van der Waals surface area contributed by atoms with E-state index in [2.05, 4.69) is 6.07 Å². The number of fused-ring (bicyclic) bond motifs is 1. The lowest BCUT2D eigenvalue weighted by Gasteiger charge is -2.52. The van der Waals surface area contributed by atoms with E-state index in [4.69, 9.17) is 9.47 Å². The molecule has 2 aliphatic heterocycles. The first-order valence-corrected chi connectivity index (χ1v) is 7.73. The summed E-state index contributed by atoms with van der Waals surface area (Å²) < 4.78 is 11.0. The van der Waals surface area contributed by atoms with Crippen LogP contribution in [0, 0.1) is 11.3 Å². The number of carbonyl (C=O) groups excluding carboxylic acids is 1. The third kappa shape index (κ3) is 2.33. The first-order chi connectivity index (χ1) is 11.2. The van der Waals surface area contributed by atoms with Crippen molar-refractivity contribution in [2.45, 2.75) is 38.0 Å². The molecule has 1 aromatic rings. The van der Waals surface area contributed by atoms with Crippen LogP contribution in [0.3, 0.4) is 0 Å². The van der Waals surface area contributed by atoms with Crippen LogP contribution in [-0.4, -0.2) is 40.8 Å². The molecule has 0 saturated heterocycles. The van der Waals surface area contributed by atoms with Crippen molar-refractivity contribution in [2.75, 3.05) is 13.7 Å². The summed E-state index contributed by atoms with van der Waals surface area (Å²) in [5.41, 5.74) is -0.261. The molecule has 6 nitrogen and oxygen atoms in total. The van der Waals surface area contributed by atoms with Gasteiger partial charge in [-0.2, -0.15) is 5.26 Å². The highest BCUT2D eigenvalue weighted by molar-refractivity contribution is 5.85. The van der Waals surface area contributed by atoms with Gasteiger partial charge >= 0.3 is 5.97 Å². The molecule has 2 atom stereocenters. The van der Waals surface area contributed by atoms with Crippen LogP contribution in [0.2, 0.25) is 0 Å². The van der Waals surface area contributed by atoms with Gasteiger partial charge in [-0.25, -0.2) is 4.79 Å². The number of carbonyl (C=O) groups is 1. The van der Waals surface area contributed by atoms with Crippen molar-refractivity contribution in [1.29, 1.82) is 5.26 Å². The SMILES string of the molecule is CN(C1=CC(=O)OC1)C1c2cc(C#N)ccc2OC(C)(C)C1(C)O. The minimum atomic E-state index is -1.27. The van der Waals surface area contributed by atoms with Crippen LogP contribution < -0.4 is 4.74 Å². The molecular formula is C18H20N2O4. The summed E-state index contributed by atoms with van der Waals surface area (Å²) in [5.74, 6) is 0.224. The van der Waals surface area contributed by atoms with E-state index in [9.17, 15) is 15.2 Å². The summed E-state index contributed by atoms with van der Waals surface area (Å²) in [4.78, 5) is 13.2. The van der Waals surface area contributed by atoms with E-state index in [-0.39, 0.29) is 6.61 Å². The molecule has 1 N–H and O–H groups in total. The maximum absolute atomic E-state index is 11.4. The van der Waals surface area contributed by atoms with Crippen molar-refractivity contribution in [1.82, 2.24) is 4.90 Å². The van der Waals surface area contributed by atoms with E-state index in [1.54, 1.807) is 32.2 Å². The number of nitrogens with zero attached hydrogens (tertiary/aromatic N) is 2. The first kappa shape index (κ1) is 16.3. The number of likely N-dealkylation sites (N-methyl/N-ethyl adjacent to an activating group) is 1. The van der Waals surface area contributed by atoms with E-state index in [0.717, 1.165) is 0 Å². The maximum atomic E-state index is 11.4. The van der Waals surface area contributed by atoms with Gasteiger partial charge in [0.1, 0.15) is 23.6 Å². The van der Waals surface area contributed by atoms with Crippen molar-refractivity contribution in [2.24, 2.45) is 0 Å². The Morgan fingerprint density at radius 3 is 2.67 bits per heavy atom. The van der Waals surface area contributed by atoms with Gasteiger partial charge in [-0.1, -0.05) is 0 Å². The van der Waals surface area contributed by atoms with Crippen LogP contribution >= 0.6 is 0 Å². The molecule has 0 spiro atoms. The Morgan fingerprint density at radius 2 is 2.08 bits per heavy atom. The molecule has 6 heteroatoms. The van der Waals surface area contributed by atoms with Gasteiger partial charge in [-0.15, -0.1) is 0 Å². The Morgan fingerprint density at radius 1 is 1.38 bits per heavy atom. The van der Waals surface area contributed by atoms with Crippen LogP contribution in [0.5, 0.6) is 5.75 Å². The number of hydrogen-bond acceptors (Lipinski definition) is 6. The third-order valence-corrected chi connectivity index (χ3v) is 5.04. The van der Waals surface area contributed by atoms with E-state index in [1.165, 1.54) is 6.08 Å². The fourth-order valence-electron chi connectivity index (χ4n) is 3.25. The van der Waals surface area contributed by atoms with Gasteiger partial charge in [0.25, 0.3) is 0 Å². The summed E-state index contributed by atoms with van der Waals surface area (Å²) in [6.45, 7) is 5.50. The molecule has 0 fully saturated rings. The molecule has 2 unspecified atom stereocenters. The highest BCUT2D eigenvalue weighted by Gasteiger charge is 2.54. The number of cyclic esters (lactones) is 1. The largest absolute Gasteiger partial charge is 0.484 e. The number of ether oxygens (including phenoxy) is 2. The van der Waals surface area contributed by atoms with Crippen molar-refractivity contribution in [3.05, 3.63) is 41.1 Å². The molecule has 126 valence electrons. The second-order valence-electron chi connectivity index (χ2n) is 6.88. The second-order valence-corrected chi connectivity index (χ2v) is 6.88. The molecule has 0 radical (unpaired) electrons. The highest BCUT2D eigenvalue weighted by atomic mass is 16.5. The topological polar surface area (TPSA) is 82.8 Å². The predicted molar refractivity (Wildman–Crippen MR) is 86.0 cm³/mol. The standard InChI is InChI=1S/C18H20N2O4/c1-17(2)18(3,22)16(20(4)12-8-15(21)23-10-12)13-7-11(9-19)5-6-14(13)24-17/h5-8,16,22H,10H2,1-4H3. The van der Waals surface area contributed by atoms with Crippen LogP contribution in [0.4, 0.5) is 0 Å². The number of hydrogen-bond donors (Lipinski definition) is 1. The van der Waals surface area contributed by atoms with Gasteiger partial charge in [0.05, 0.1) is 23.4 Å². The molecule has 0 amide bonds. The minimum Gasteiger partial charge on any atom is -0.484 e. The quantitative estimate of drug-likeness (QED) is 0.835. The number of nitriles is 1. The van der Waals surface area contributed by atoms with Crippen molar-refractivity contribution < 1.29 is 19.4 Å². The average molecular weight is 328 g/mol. The van der Waals surface area contributed by atoms with Gasteiger partial charge in [0.15, 0.2) is 0 Å². The Hall–Kier alpha value is -2.52. The lowest BCUT2D eigenvalue weighted by Crippen LogP contribution is -2.61. The van der Waals surface area contributed by atoms with Crippen LogP contribution in [0.15, 0.2) is 30.0 Å². The first-order valence-electron chi connectivity index (χ1n) is 7.73. The normalized spacial score (nSPS) is 27.4. The van der Waals surface area contributed by atoms with Gasteiger partial charge in [-0.05, 0) is 39.0 Å². The number of benzene rings is 1. The molecule has 0 bridgehead atoms. The van der Waals surface area contributed by atoms with E-state index in [1.807, 2.05) is 18.7 Å². The molecule has 3 rings (SSSR count). The average Bonchev–Trinajstić information content (AvgIpc) is 2.94. The predicted octanol–water partition coefficient (Wildman–Crippen LogP) is 1.89. The summed E-state index contributed by atoms with van der Waals surface area (Å²) in [6, 6.07) is 6.77. The van der Waals surface area contributed by atoms with Gasteiger partial charge in [-0.3, -0.25) is 0 Å². The fourth-order valence-corrected chi connectivity index (χ4v) is 3.25. The fraction of sp³-hybridized carbons (Fsp3) is 0.444. The van der Waals surface area contributed by atoms with Gasteiger partial charge in [0, 0.05) is 18.7 Å². The van der Waals surface area contributed by atoms with Crippen molar-refractivity contribution >= 4 is 5.97 Å². The molecule has 1 aromatic carbocycles. The van der Waals surface area contributed by atoms with Crippen LogP contribution in [0.1, 0.15) is 37.9 Å². The summed E-state index contributed by atoms with van der Waals surface area (Å²) in [7, 11) is 1.80. The Bertz CT molecular complexity index is 774. The van der Waals surface area contributed by atoms with Gasteiger partial charge in [0.2, 0.25) is 0 Å². The van der Waals surface area contributed by atoms with Crippen molar-refractivity contribution in [3.8, 4) is 11.8 Å². The Kier molecular flexibility index (Phi) is 3.57. The number of rotatable bonds is 2. The zero-order valence-electron chi connectivity index (χ0n) is 14.2. The number of esters is 1. The maximum Gasteiger partial charge on any atom is 0.333 e. The molecule has 0 saturated carbocycles. The summed E-state index contributed by atoms with van der Waals surface area (Å²) in [6.07, 6.45) is 1.42. The van der Waals surface area contributed by atoms with Gasteiger partial charge < -0.3 is 19.5 Å². The monoisotopic (exact) mass is 328 g/mol. The van der Waals surface area contributed by atoms with E-state index >= 15 is 0 Å². The lowest BCUT2D eigenvalue weighted by molar-refractivity contribution is -0.157. The summed E-state index contributed by atoms with van der Waals surface area (Å²) in [5, 5.41) is 20.5. The van der Waals surface area contributed by atoms with Crippen LogP contribution in [0.25, 0.3) is 0 Å². The van der Waals surface area contributed by atoms with Crippen LogP contribution in [-0.2, 0) is 9.53 Å².